The molecule has 0 heterocycles. The number of halogens is 1. The molecule has 0 saturated heterocycles. The zero-order valence-electron chi connectivity index (χ0n) is 22.2. The smallest absolute Gasteiger partial charge is 0.243 e. The van der Waals surface area contributed by atoms with Crippen LogP contribution in [0.5, 0.6) is 5.75 Å². The molecule has 0 bridgehead atoms. The number of hydrogen-bond donors (Lipinski definition) is 1. The second-order valence-electron chi connectivity index (χ2n) is 9.03. The molecule has 8 nitrogen and oxygen atoms in total. The van der Waals surface area contributed by atoms with Gasteiger partial charge >= 0.3 is 0 Å². The Balaban J connectivity index is 2.22. The maximum absolute atomic E-state index is 13.5. The summed E-state index contributed by atoms with van der Waals surface area (Å²) >= 11 is 5.95. The topological polar surface area (TPSA) is 96.0 Å². The van der Waals surface area contributed by atoms with Crippen LogP contribution in [0.15, 0.2) is 48.5 Å². The summed E-state index contributed by atoms with van der Waals surface area (Å²) in [6.45, 7) is 6.17. The second-order valence-corrected chi connectivity index (χ2v) is 11.4. The minimum atomic E-state index is -3.57. The number of hydrogen-bond acceptors (Lipinski definition) is 5. The molecular weight excluding hydrogens is 514 g/mol. The van der Waals surface area contributed by atoms with E-state index in [0.29, 0.717) is 22.9 Å². The summed E-state index contributed by atoms with van der Waals surface area (Å²) in [6, 6.07) is 13.2. The minimum absolute atomic E-state index is 0.0119. The summed E-state index contributed by atoms with van der Waals surface area (Å²) in [4.78, 5) is 28.2. The van der Waals surface area contributed by atoms with E-state index < -0.39 is 16.1 Å². The van der Waals surface area contributed by atoms with Crippen molar-refractivity contribution in [3.63, 3.8) is 0 Å². The molecule has 2 rings (SSSR count). The van der Waals surface area contributed by atoms with Crippen LogP contribution >= 0.6 is 11.6 Å². The van der Waals surface area contributed by atoms with Gasteiger partial charge in [0.25, 0.3) is 0 Å². The van der Waals surface area contributed by atoms with E-state index in [9.17, 15) is 18.0 Å². The summed E-state index contributed by atoms with van der Waals surface area (Å²) in [5.74, 6) is 0.287. The van der Waals surface area contributed by atoms with Gasteiger partial charge in [0.2, 0.25) is 21.8 Å². The normalized spacial score (nSPS) is 12.9. The number of anilines is 1. The van der Waals surface area contributed by atoms with E-state index in [1.165, 1.54) is 4.31 Å². The first kappa shape index (κ1) is 30.4. The first-order chi connectivity index (χ1) is 17.5. The molecule has 10 heteroatoms. The van der Waals surface area contributed by atoms with E-state index >= 15 is 0 Å². The number of rotatable bonds is 14. The van der Waals surface area contributed by atoms with E-state index in [4.69, 9.17) is 16.3 Å². The largest absolute Gasteiger partial charge is 0.497 e. The fraction of sp³-hybridized carbons (Fsp3) is 0.481. The van der Waals surface area contributed by atoms with Crippen molar-refractivity contribution < 1.29 is 22.7 Å². The van der Waals surface area contributed by atoms with Crippen molar-refractivity contribution >= 4 is 39.1 Å². The van der Waals surface area contributed by atoms with Crippen molar-refractivity contribution in [2.45, 2.75) is 65.1 Å². The molecule has 2 aromatic carbocycles. The Kier molecular flexibility index (Phi) is 11.7. The third-order valence-electron chi connectivity index (χ3n) is 6.17. The molecule has 0 aliphatic rings. The van der Waals surface area contributed by atoms with Crippen molar-refractivity contribution in [1.82, 2.24) is 10.2 Å². The maximum atomic E-state index is 13.5. The van der Waals surface area contributed by atoms with Crippen molar-refractivity contribution in [3.8, 4) is 5.75 Å². The molecule has 0 saturated carbocycles. The van der Waals surface area contributed by atoms with Crippen LogP contribution in [0, 0.1) is 0 Å². The number of amides is 2. The number of carbonyl (C=O) groups excluding carboxylic acids is 2. The van der Waals surface area contributed by atoms with E-state index in [1.54, 1.807) is 36.3 Å². The molecule has 204 valence electrons. The lowest BCUT2D eigenvalue weighted by Gasteiger charge is -2.32. The first-order valence-corrected chi connectivity index (χ1v) is 14.7. The average molecular weight is 552 g/mol. The quantitative estimate of drug-likeness (QED) is 0.370. The zero-order chi connectivity index (χ0) is 27.6. The monoisotopic (exact) mass is 551 g/mol. The van der Waals surface area contributed by atoms with Gasteiger partial charge in [-0.25, -0.2) is 8.42 Å². The molecule has 0 aromatic heterocycles. The molecule has 37 heavy (non-hydrogen) atoms. The molecule has 2 atom stereocenters. The van der Waals surface area contributed by atoms with Crippen LogP contribution in [0.2, 0.25) is 5.02 Å². The van der Waals surface area contributed by atoms with Gasteiger partial charge in [0.15, 0.2) is 0 Å². The van der Waals surface area contributed by atoms with Crippen LogP contribution in [0.3, 0.4) is 0 Å². The number of sulfonamides is 1. The van der Waals surface area contributed by atoms with Gasteiger partial charge in [0, 0.05) is 30.6 Å². The fourth-order valence-electron chi connectivity index (χ4n) is 3.90. The van der Waals surface area contributed by atoms with E-state index in [1.807, 2.05) is 45.0 Å². The molecule has 0 fully saturated rings. The van der Waals surface area contributed by atoms with E-state index in [2.05, 4.69) is 5.32 Å². The van der Waals surface area contributed by atoms with Gasteiger partial charge in [-0.3, -0.25) is 13.9 Å². The number of methoxy groups -OCH3 is 1. The molecule has 0 radical (unpaired) electrons. The third-order valence-corrected chi connectivity index (χ3v) is 7.61. The predicted octanol–water partition coefficient (Wildman–Crippen LogP) is 4.62. The molecule has 0 spiro atoms. The Morgan fingerprint density at radius 2 is 1.65 bits per heavy atom. The minimum Gasteiger partial charge on any atom is -0.497 e. The average Bonchev–Trinajstić information content (AvgIpc) is 2.86. The van der Waals surface area contributed by atoms with Gasteiger partial charge in [-0.1, -0.05) is 37.6 Å². The predicted molar refractivity (Wildman–Crippen MR) is 148 cm³/mol. The number of benzene rings is 2. The third kappa shape index (κ3) is 9.23. The summed E-state index contributed by atoms with van der Waals surface area (Å²) in [5.41, 5.74) is 1.34. The van der Waals surface area contributed by atoms with E-state index in [0.717, 1.165) is 18.2 Å². The molecule has 0 aliphatic heterocycles. The maximum Gasteiger partial charge on any atom is 0.243 e. The lowest BCUT2D eigenvalue weighted by Crippen LogP contribution is -2.50. The Morgan fingerprint density at radius 3 is 2.16 bits per heavy atom. The van der Waals surface area contributed by atoms with Gasteiger partial charge in [-0.05, 0) is 68.1 Å². The highest BCUT2D eigenvalue weighted by atomic mass is 35.5. The lowest BCUT2D eigenvalue weighted by atomic mass is 10.1. The lowest BCUT2D eigenvalue weighted by molar-refractivity contribution is -0.141. The van der Waals surface area contributed by atoms with Crippen LogP contribution in [0.25, 0.3) is 0 Å². The molecule has 0 aliphatic carbocycles. The molecule has 1 N–H and O–H groups in total. The molecule has 2 aromatic rings. The van der Waals surface area contributed by atoms with Gasteiger partial charge in [-0.15, -0.1) is 0 Å². The number of carbonyl (C=O) groups is 2. The van der Waals surface area contributed by atoms with Crippen LogP contribution < -0.4 is 14.4 Å². The highest BCUT2D eigenvalue weighted by Crippen LogP contribution is 2.22. The van der Waals surface area contributed by atoms with Crippen LogP contribution in [0.1, 0.15) is 52.0 Å². The Bertz CT molecular complexity index is 1120. The summed E-state index contributed by atoms with van der Waals surface area (Å²) in [5, 5.41) is 3.49. The van der Waals surface area contributed by atoms with Crippen molar-refractivity contribution in [2.75, 3.05) is 24.2 Å². The van der Waals surface area contributed by atoms with Gasteiger partial charge in [-0.2, -0.15) is 0 Å². The van der Waals surface area contributed by atoms with Crippen LogP contribution in [-0.4, -0.2) is 57.1 Å². The van der Waals surface area contributed by atoms with Gasteiger partial charge < -0.3 is 15.0 Å². The van der Waals surface area contributed by atoms with Gasteiger partial charge in [0.1, 0.15) is 11.8 Å². The number of ether oxygens (including phenoxy) is 1. The highest BCUT2D eigenvalue weighted by Gasteiger charge is 2.29. The van der Waals surface area contributed by atoms with Crippen molar-refractivity contribution in [3.05, 3.63) is 59.1 Å². The highest BCUT2D eigenvalue weighted by molar-refractivity contribution is 7.92. The molecular formula is C27H38ClN3O5S. The summed E-state index contributed by atoms with van der Waals surface area (Å²) in [7, 11) is -1.98. The van der Waals surface area contributed by atoms with Crippen LogP contribution in [0.4, 0.5) is 5.69 Å². The molecule has 0 unspecified atom stereocenters. The second kappa shape index (κ2) is 14.2. The fourth-order valence-corrected chi connectivity index (χ4v) is 4.99. The summed E-state index contributed by atoms with van der Waals surface area (Å²) in [6.07, 6.45) is 2.73. The first-order valence-electron chi connectivity index (χ1n) is 12.5. The van der Waals surface area contributed by atoms with Crippen molar-refractivity contribution in [2.24, 2.45) is 0 Å². The summed E-state index contributed by atoms with van der Waals surface area (Å²) < 4.78 is 31.3. The Hall–Kier alpha value is -2.78. The van der Waals surface area contributed by atoms with Gasteiger partial charge in [0.05, 0.1) is 19.1 Å². The standard InChI is InChI=1S/C27H38ClN3O5S/c1-6-20(3)29-27(33)25(7-2)30(19-21-10-16-24(36-4)17-11-21)26(32)9-8-18-31(37(5,34)35)23-14-12-22(28)13-15-23/h10-17,20,25H,6-9,18-19H2,1-5H3,(H,29,33)/t20-,25+/m1/s1. The number of nitrogens with one attached hydrogen (secondary N) is 1. The van der Waals surface area contributed by atoms with Crippen molar-refractivity contribution in [1.29, 1.82) is 0 Å². The zero-order valence-corrected chi connectivity index (χ0v) is 23.8. The Morgan fingerprint density at radius 1 is 1.03 bits per heavy atom. The molecule has 2 amide bonds. The SMILES string of the molecule is CC[C@@H](C)NC(=O)[C@H](CC)N(Cc1ccc(OC)cc1)C(=O)CCCN(c1ccc(Cl)cc1)S(C)(=O)=O. The Labute approximate surface area is 226 Å². The van der Waals surface area contributed by atoms with Crippen LogP contribution in [-0.2, 0) is 26.2 Å². The number of nitrogens with zero attached hydrogens (tertiary/aromatic N) is 2. The van der Waals surface area contributed by atoms with E-state index in [-0.39, 0.29) is 43.8 Å².